The van der Waals surface area contributed by atoms with Gasteiger partial charge in [0.15, 0.2) is 0 Å². The summed E-state index contributed by atoms with van der Waals surface area (Å²) in [6.45, 7) is 1.73. The topological polar surface area (TPSA) is 112 Å². The molecular formula is C36H32N2O5. The molecule has 0 radical (unpaired) electrons. The van der Waals surface area contributed by atoms with Gasteiger partial charge in [-0.15, -0.1) is 0 Å². The van der Waals surface area contributed by atoms with Crippen molar-refractivity contribution in [3.63, 3.8) is 0 Å². The van der Waals surface area contributed by atoms with Crippen molar-refractivity contribution in [3.8, 4) is 22.4 Å². The van der Waals surface area contributed by atoms with E-state index in [0.29, 0.717) is 13.1 Å². The van der Waals surface area contributed by atoms with Crippen molar-refractivity contribution < 1.29 is 24.9 Å². The largest absolute Gasteiger partial charge is 0.473 e. The standard InChI is InChI=1S/C34H30N2O.C2H2O4/c37-29(23-35-22-25-12-4-1-5-13-25)24-36-33(28-17-8-3-9-18-28)32(27-15-6-2-7-16-27)31-21-20-26-14-10-11-19-30(26)34(31)36;3-1(4)2(5)6/h1-21,29,35,37H,22-24H2;(H,3,4)(H,5,6). The summed E-state index contributed by atoms with van der Waals surface area (Å²) in [5, 5.41) is 33.1. The quantitative estimate of drug-likeness (QED) is 0.156. The Morgan fingerprint density at radius 3 is 1.84 bits per heavy atom. The van der Waals surface area contributed by atoms with Gasteiger partial charge in [0.05, 0.1) is 23.9 Å². The number of nitrogens with zero attached hydrogens (tertiary/aromatic N) is 1. The summed E-state index contributed by atoms with van der Waals surface area (Å²) in [7, 11) is 0. The van der Waals surface area contributed by atoms with Gasteiger partial charge in [0.2, 0.25) is 0 Å². The fraction of sp³-hybridized carbons (Fsp3) is 0.111. The second-order valence-corrected chi connectivity index (χ2v) is 10.1. The number of aliphatic hydroxyl groups excluding tert-OH is 1. The molecule has 0 amide bonds. The van der Waals surface area contributed by atoms with E-state index >= 15 is 0 Å². The number of carboxylic acid groups (broad SMARTS) is 2. The maximum atomic E-state index is 11.3. The van der Waals surface area contributed by atoms with Crippen LogP contribution in [0.1, 0.15) is 5.56 Å². The van der Waals surface area contributed by atoms with Crippen LogP contribution in [-0.2, 0) is 22.7 Å². The van der Waals surface area contributed by atoms with Crippen molar-refractivity contribution in [3.05, 3.63) is 133 Å². The third kappa shape index (κ3) is 6.81. The third-order valence-corrected chi connectivity index (χ3v) is 7.18. The Morgan fingerprint density at radius 2 is 1.21 bits per heavy atom. The molecule has 1 aromatic heterocycles. The number of aliphatic carboxylic acids is 2. The molecule has 0 fully saturated rings. The van der Waals surface area contributed by atoms with Crippen molar-refractivity contribution in [1.82, 2.24) is 9.88 Å². The normalized spacial score (nSPS) is 11.6. The number of fused-ring (bicyclic) bond motifs is 3. The first-order valence-corrected chi connectivity index (χ1v) is 14.0. The smallest absolute Gasteiger partial charge is 0.414 e. The zero-order valence-corrected chi connectivity index (χ0v) is 23.4. The highest BCUT2D eigenvalue weighted by atomic mass is 16.4. The molecule has 5 aromatic carbocycles. The minimum atomic E-state index is -1.82. The van der Waals surface area contributed by atoms with Crippen LogP contribution in [0, 0.1) is 0 Å². The highest BCUT2D eigenvalue weighted by Crippen LogP contribution is 2.43. The van der Waals surface area contributed by atoms with E-state index in [4.69, 9.17) is 19.8 Å². The molecule has 0 spiro atoms. The highest BCUT2D eigenvalue weighted by molar-refractivity contribution is 6.27. The lowest BCUT2D eigenvalue weighted by Crippen LogP contribution is -2.30. The first-order chi connectivity index (χ1) is 20.9. The molecule has 1 unspecified atom stereocenters. The van der Waals surface area contributed by atoms with Crippen LogP contribution in [-0.4, -0.2) is 44.5 Å². The summed E-state index contributed by atoms with van der Waals surface area (Å²) >= 11 is 0. The van der Waals surface area contributed by atoms with Gasteiger partial charge in [0.1, 0.15) is 0 Å². The molecule has 6 rings (SSSR count). The first-order valence-electron chi connectivity index (χ1n) is 14.0. The molecule has 1 heterocycles. The monoisotopic (exact) mass is 572 g/mol. The SMILES string of the molecule is O=C(O)C(=O)O.OC(CNCc1ccccc1)Cn1c(-c2ccccc2)c(-c2ccccc2)c2ccc3ccccc3c21. The lowest BCUT2D eigenvalue weighted by molar-refractivity contribution is -0.159. The molecule has 7 nitrogen and oxygen atoms in total. The van der Waals surface area contributed by atoms with Crippen molar-refractivity contribution in [2.45, 2.75) is 19.2 Å². The van der Waals surface area contributed by atoms with E-state index < -0.39 is 18.0 Å². The average molecular weight is 573 g/mol. The predicted octanol–water partition coefficient (Wildman–Crippen LogP) is 6.43. The summed E-state index contributed by atoms with van der Waals surface area (Å²) in [5.41, 5.74) is 7.04. The van der Waals surface area contributed by atoms with Crippen molar-refractivity contribution >= 4 is 33.6 Å². The second kappa shape index (κ2) is 13.6. The van der Waals surface area contributed by atoms with Crippen LogP contribution in [0.2, 0.25) is 0 Å². The number of nitrogens with one attached hydrogen (secondary N) is 1. The van der Waals surface area contributed by atoms with Crippen LogP contribution in [0.25, 0.3) is 44.1 Å². The van der Waals surface area contributed by atoms with Gasteiger partial charge in [0, 0.05) is 29.4 Å². The van der Waals surface area contributed by atoms with Crippen LogP contribution in [0.5, 0.6) is 0 Å². The van der Waals surface area contributed by atoms with Gasteiger partial charge in [-0.05, 0) is 22.1 Å². The molecule has 6 aromatic rings. The summed E-state index contributed by atoms with van der Waals surface area (Å²) in [6.07, 6.45) is -0.552. The van der Waals surface area contributed by atoms with E-state index in [1.807, 2.05) is 18.2 Å². The summed E-state index contributed by atoms with van der Waals surface area (Å²) in [6, 6.07) is 44.5. The molecule has 0 aliphatic carbocycles. The second-order valence-electron chi connectivity index (χ2n) is 10.1. The fourth-order valence-electron chi connectivity index (χ4n) is 5.35. The van der Waals surface area contributed by atoms with E-state index in [9.17, 15) is 5.11 Å². The van der Waals surface area contributed by atoms with Crippen LogP contribution in [0.3, 0.4) is 0 Å². The van der Waals surface area contributed by atoms with Crippen LogP contribution >= 0.6 is 0 Å². The molecule has 43 heavy (non-hydrogen) atoms. The molecule has 4 N–H and O–H groups in total. The minimum Gasteiger partial charge on any atom is -0.473 e. The first kappa shape index (κ1) is 29.3. The van der Waals surface area contributed by atoms with E-state index in [2.05, 4.69) is 119 Å². The number of carbonyl (C=O) groups is 2. The minimum absolute atomic E-state index is 0.489. The maximum absolute atomic E-state index is 11.3. The van der Waals surface area contributed by atoms with Gasteiger partial charge in [0.25, 0.3) is 0 Å². The number of rotatable bonds is 8. The maximum Gasteiger partial charge on any atom is 0.414 e. The van der Waals surface area contributed by atoms with Gasteiger partial charge in [-0.1, -0.05) is 127 Å². The van der Waals surface area contributed by atoms with Gasteiger partial charge in [-0.25, -0.2) is 9.59 Å². The van der Waals surface area contributed by atoms with E-state index in [1.54, 1.807) is 0 Å². The van der Waals surface area contributed by atoms with E-state index in [-0.39, 0.29) is 0 Å². The molecular weight excluding hydrogens is 540 g/mol. The lowest BCUT2D eigenvalue weighted by atomic mass is 9.97. The van der Waals surface area contributed by atoms with Gasteiger partial charge >= 0.3 is 11.9 Å². The summed E-state index contributed by atoms with van der Waals surface area (Å²) < 4.78 is 2.34. The zero-order chi connectivity index (χ0) is 30.2. The number of hydrogen-bond acceptors (Lipinski definition) is 4. The van der Waals surface area contributed by atoms with E-state index in [0.717, 1.165) is 23.3 Å². The Bertz CT molecular complexity index is 1820. The molecule has 0 aliphatic rings. The molecule has 0 saturated heterocycles. The van der Waals surface area contributed by atoms with Crippen LogP contribution in [0.4, 0.5) is 0 Å². The van der Waals surface area contributed by atoms with E-state index in [1.165, 1.54) is 32.8 Å². The number of benzene rings is 5. The van der Waals surface area contributed by atoms with Crippen molar-refractivity contribution in [2.24, 2.45) is 0 Å². The van der Waals surface area contributed by atoms with Crippen LogP contribution in [0.15, 0.2) is 127 Å². The Labute approximate surface area is 249 Å². The molecule has 7 heteroatoms. The number of carboxylic acids is 2. The summed E-state index contributed by atoms with van der Waals surface area (Å²) in [4.78, 5) is 18.2. The van der Waals surface area contributed by atoms with Gasteiger partial charge in [-0.2, -0.15) is 0 Å². The summed E-state index contributed by atoms with van der Waals surface area (Å²) in [5.74, 6) is -3.65. The Balaban J connectivity index is 0.000000559. The van der Waals surface area contributed by atoms with Crippen molar-refractivity contribution in [2.75, 3.05) is 6.54 Å². The molecule has 1 atom stereocenters. The molecule has 0 aliphatic heterocycles. The van der Waals surface area contributed by atoms with Gasteiger partial charge < -0.3 is 25.2 Å². The molecule has 0 saturated carbocycles. The lowest BCUT2D eigenvalue weighted by Gasteiger charge is -2.18. The van der Waals surface area contributed by atoms with Crippen LogP contribution < -0.4 is 5.32 Å². The zero-order valence-electron chi connectivity index (χ0n) is 23.4. The molecule has 216 valence electrons. The third-order valence-electron chi connectivity index (χ3n) is 7.18. The Hall–Kier alpha value is -5.24. The number of hydrogen-bond donors (Lipinski definition) is 4. The number of aliphatic hydroxyl groups is 1. The Morgan fingerprint density at radius 1 is 0.651 bits per heavy atom. The number of aromatic nitrogens is 1. The fourth-order valence-corrected chi connectivity index (χ4v) is 5.35. The highest BCUT2D eigenvalue weighted by Gasteiger charge is 2.23. The van der Waals surface area contributed by atoms with Gasteiger partial charge in [-0.3, -0.25) is 0 Å². The average Bonchev–Trinajstić information content (AvgIpc) is 3.37. The predicted molar refractivity (Wildman–Crippen MR) is 170 cm³/mol. The molecule has 0 bridgehead atoms. The van der Waals surface area contributed by atoms with Crippen molar-refractivity contribution in [1.29, 1.82) is 0 Å². The Kier molecular flexibility index (Phi) is 9.26.